The van der Waals surface area contributed by atoms with E-state index in [9.17, 15) is 4.79 Å². The fraction of sp³-hybridized carbons (Fsp3) is 0.562. The Morgan fingerprint density at radius 3 is 2.74 bits per heavy atom. The van der Waals surface area contributed by atoms with Crippen molar-refractivity contribution in [2.45, 2.75) is 33.2 Å². The van der Waals surface area contributed by atoms with Gasteiger partial charge in [-0.05, 0) is 31.2 Å². The number of aldehydes is 1. The van der Waals surface area contributed by atoms with E-state index in [4.69, 9.17) is 4.74 Å². The van der Waals surface area contributed by atoms with Crippen LogP contribution in [0, 0.1) is 5.41 Å². The first-order chi connectivity index (χ1) is 9.03. The summed E-state index contributed by atoms with van der Waals surface area (Å²) in [4.78, 5) is 13.5. The van der Waals surface area contributed by atoms with Crippen LogP contribution < -0.4 is 4.74 Å². The van der Waals surface area contributed by atoms with E-state index in [1.165, 1.54) is 5.56 Å². The number of nitrogens with zero attached hydrogens (tertiary/aromatic N) is 1. The standard InChI is InChI=1S/C16H25NO2/c1-5-9-16(2,13-18)12-17(3)11-14-7-6-8-15(10-14)19-4/h6-8,10,13H,5,9,11-12H2,1-4H3. The number of ether oxygens (including phenoxy) is 1. The minimum atomic E-state index is -0.248. The van der Waals surface area contributed by atoms with Gasteiger partial charge in [-0.1, -0.05) is 32.4 Å². The van der Waals surface area contributed by atoms with Gasteiger partial charge in [-0.3, -0.25) is 0 Å². The van der Waals surface area contributed by atoms with Crippen LogP contribution in [0.2, 0.25) is 0 Å². The molecule has 0 saturated heterocycles. The Balaban J connectivity index is 2.63. The highest BCUT2D eigenvalue weighted by molar-refractivity contribution is 5.59. The summed E-state index contributed by atoms with van der Waals surface area (Å²) in [6.07, 6.45) is 3.06. The number of rotatable bonds is 8. The number of hydrogen-bond donors (Lipinski definition) is 0. The summed E-state index contributed by atoms with van der Waals surface area (Å²) >= 11 is 0. The molecule has 0 aromatic heterocycles. The quantitative estimate of drug-likeness (QED) is 0.675. The molecule has 0 radical (unpaired) electrons. The van der Waals surface area contributed by atoms with Crippen LogP contribution in [0.15, 0.2) is 24.3 Å². The molecule has 3 nitrogen and oxygen atoms in total. The van der Waals surface area contributed by atoms with E-state index in [1.54, 1.807) is 7.11 Å². The molecule has 1 unspecified atom stereocenters. The maximum atomic E-state index is 11.3. The maximum Gasteiger partial charge on any atom is 0.127 e. The lowest BCUT2D eigenvalue weighted by Gasteiger charge is -2.28. The summed E-state index contributed by atoms with van der Waals surface area (Å²) in [6, 6.07) is 8.05. The zero-order valence-electron chi connectivity index (χ0n) is 12.5. The van der Waals surface area contributed by atoms with Gasteiger partial charge in [-0.15, -0.1) is 0 Å². The van der Waals surface area contributed by atoms with E-state index < -0.39 is 0 Å². The maximum absolute atomic E-state index is 11.3. The zero-order valence-corrected chi connectivity index (χ0v) is 12.5. The molecule has 19 heavy (non-hydrogen) atoms. The molecule has 0 aliphatic carbocycles. The summed E-state index contributed by atoms with van der Waals surface area (Å²) in [5, 5.41) is 0. The van der Waals surface area contributed by atoms with Gasteiger partial charge in [0.15, 0.2) is 0 Å². The Labute approximate surface area is 116 Å². The lowest BCUT2D eigenvalue weighted by Crippen LogP contribution is -2.34. The third kappa shape index (κ3) is 5.03. The zero-order chi connectivity index (χ0) is 14.3. The largest absolute Gasteiger partial charge is 0.497 e. The fourth-order valence-electron chi connectivity index (χ4n) is 2.50. The highest BCUT2D eigenvalue weighted by Gasteiger charge is 2.24. The molecule has 0 N–H and O–H groups in total. The second-order valence-corrected chi connectivity index (χ2v) is 5.55. The van der Waals surface area contributed by atoms with Crippen molar-refractivity contribution in [3.8, 4) is 5.75 Å². The van der Waals surface area contributed by atoms with Crippen molar-refractivity contribution in [3.05, 3.63) is 29.8 Å². The van der Waals surface area contributed by atoms with Crippen molar-refractivity contribution < 1.29 is 9.53 Å². The minimum absolute atomic E-state index is 0.248. The molecule has 0 amide bonds. The van der Waals surface area contributed by atoms with E-state index in [2.05, 4.69) is 24.9 Å². The van der Waals surface area contributed by atoms with Crippen LogP contribution in [0.1, 0.15) is 32.3 Å². The van der Waals surface area contributed by atoms with Crippen molar-refractivity contribution >= 4 is 6.29 Å². The second-order valence-electron chi connectivity index (χ2n) is 5.55. The van der Waals surface area contributed by atoms with Gasteiger partial charge in [0.2, 0.25) is 0 Å². The smallest absolute Gasteiger partial charge is 0.127 e. The SMILES string of the molecule is CCCC(C)(C=O)CN(C)Cc1cccc(OC)c1. The van der Waals surface area contributed by atoms with E-state index in [0.717, 1.165) is 38.0 Å². The summed E-state index contributed by atoms with van der Waals surface area (Å²) in [6.45, 7) is 5.75. The molecule has 3 heteroatoms. The van der Waals surface area contributed by atoms with Gasteiger partial charge in [-0.2, -0.15) is 0 Å². The Morgan fingerprint density at radius 1 is 1.42 bits per heavy atom. The number of hydrogen-bond acceptors (Lipinski definition) is 3. The van der Waals surface area contributed by atoms with Crippen molar-refractivity contribution in [1.29, 1.82) is 0 Å². The van der Waals surface area contributed by atoms with Crippen LogP contribution in [-0.4, -0.2) is 31.9 Å². The molecule has 0 aliphatic heterocycles. The van der Waals surface area contributed by atoms with Gasteiger partial charge in [0.1, 0.15) is 12.0 Å². The van der Waals surface area contributed by atoms with Crippen LogP contribution in [0.25, 0.3) is 0 Å². The lowest BCUT2D eigenvalue weighted by atomic mass is 9.87. The molecule has 0 spiro atoms. The Kier molecular flexibility index (Phi) is 6.03. The van der Waals surface area contributed by atoms with E-state index in [-0.39, 0.29) is 5.41 Å². The highest BCUT2D eigenvalue weighted by Crippen LogP contribution is 2.22. The van der Waals surface area contributed by atoms with Gasteiger partial charge in [-0.25, -0.2) is 0 Å². The molecule has 0 aliphatic rings. The monoisotopic (exact) mass is 263 g/mol. The second kappa shape index (κ2) is 7.29. The first-order valence-electron chi connectivity index (χ1n) is 6.81. The summed E-state index contributed by atoms with van der Waals surface area (Å²) < 4.78 is 5.22. The molecule has 0 fully saturated rings. The van der Waals surface area contributed by atoms with Crippen molar-refractivity contribution in [1.82, 2.24) is 4.90 Å². The molecule has 1 aromatic carbocycles. The van der Waals surface area contributed by atoms with E-state index >= 15 is 0 Å². The molecule has 106 valence electrons. The van der Waals surface area contributed by atoms with Gasteiger partial charge < -0.3 is 14.4 Å². The third-order valence-corrected chi connectivity index (χ3v) is 3.32. The molecule has 1 atom stereocenters. The summed E-state index contributed by atoms with van der Waals surface area (Å²) in [7, 11) is 3.73. The van der Waals surface area contributed by atoms with Crippen LogP contribution in [0.3, 0.4) is 0 Å². The normalized spacial score (nSPS) is 14.2. The Hall–Kier alpha value is -1.35. The van der Waals surface area contributed by atoms with E-state index in [0.29, 0.717) is 0 Å². The molecular formula is C16H25NO2. The minimum Gasteiger partial charge on any atom is -0.497 e. The molecule has 0 saturated carbocycles. The van der Waals surface area contributed by atoms with E-state index in [1.807, 2.05) is 25.1 Å². The predicted octanol–water partition coefficient (Wildman–Crippen LogP) is 3.13. The lowest BCUT2D eigenvalue weighted by molar-refractivity contribution is -0.116. The van der Waals surface area contributed by atoms with Crippen LogP contribution in [0.4, 0.5) is 0 Å². The summed E-state index contributed by atoms with van der Waals surface area (Å²) in [5.74, 6) is 0.873. The number of carbonyl (C=O) groups excluding carboxylic acids is 1. The number of carbonyl (C=O) groups is 1. The van der Waals surface area contributed by atoms with Crippen molar-refractivity contribution in [2.75, 3.05) is 20.7 Å². The number of benzene rings is 1. The molecule has 0 bridgehead atoms. The Morgan fingerprint density at radius 2 is 2.16 bits per heavy atom. The average Bonchev–Trinajstić information content (AvgIpc) is 2.39. The first kappa shape index (κ1) is 15.7. The first-order valence-corrected chi connectivity index (χ1v) is 6.81. The third-order valence-electron chi connectivity index (χ3n) is 3.32. The van der Waals surface area contributed by atoms with Crippen LogP contribution >= 0.6 is 0 Å². The van der Waals surface area contributed by atoms with Crippen LogP contribution in [0.5, 0.6) is 5.75 Å². The van der Waals surface area contributed by atoms with Crippen LogP contribution in [-0.2, 0) is 11.3 Å². The fourth-order valence-corrected chi connectivity index (χ4v) is 2.50. The van der Waals surface area contributed by atoms with Gasteiger partial charge in [0.05, 0.1) is 7.11 Å². The highest BCUT2D eigenvalue weighted by atomic mass is 16.5. The molecular weight excluding hydrogens is 238 g/mol. The van der Waals surface area contributed by atoms with Gasteiger partial charge in [0.25, 0.3) is 0 Å². The Bertz CT molecular complexity index is 405. The van der Waals surface area contributed by atoms with Crippen molar-refractivity contribution in [3.63, 3.8) is 0 Å². The molecule has 1 rings (SSSR count). The molecule has 1 aromatic rings. The summed E-state index contributed by atoms with van der Waals surface area (Å²) in [5.41, 5.74) is 0.953. The van der Waals surface area contributed by atoms with Gasteiger partial charge in [0, 0.05) is 18.5 Å². The molecule has 0 heterocycles. The number of methoxy groups -OCH3 is 1. The van der Waals surface area contributed by atoms with Crippen molar-refractivity contribution in [2.24, 2.45) is 5.41 Å². The average molecular weight is 263 g/mol. The van der Waals surface area contributed by atoms with Gasteiger partial charge >= 0.3 is 0 Å². The predicted molar refractivity (Wildman–Crippen MR) is 78.4 cm³/mol. The topological polar surface area (TPSA) is 29.5 Å².